The number of hydrogen-bond donors (Lipinski definition) is 1. The van der Waals surface area contributed by atoms with E-state index in [-0.39, 0.29) is 5.57 Å². The highest BCUT2D eigenvalue weighted by Gasteiger charge is 2.10. The van der Waals surface area contributed by atoms with Gasteiger partial charge in [0.2, 0.25) is 0 Å². The Morgan fingerprint density at radius 2 is 2.05 bits per heavy atom. The van der Waals surface area contributed by atoms with Gasteiger partial charge in [0.15, 0.2) is 0 Å². The van der Waals surface area contributed by atoms with Crippen LogP contribution >= 0.6 is 0 Å². The van der Waals surface area contributed by atoms with Crippen LogP contribution in [-0.4, -0.2) is 10.5 Å². The van der Waals surface area contributed by atoms with E-state index >= 15 is 0 Å². The fourth-order valence-corrected chi connectivity index (χ4v) is 1.94. The van der Waals surface area contributed by atoms with Crippen molar-refractivity contribution in [2.24, 2.45) is 7.05 Å². The Hall–Kier alpha value is -2.80. The molecule has 2 rings (SSSR count). The van der Waals surface area contributed by atoms with Gasteiger partial charge in [0.05, 0.1) is 0 Å². The number of hydrogen-bond acceptors (Lipinski definition) is 2. The van der Waals surface area contributed by atoms with Crippen molar-refractivity contribution in [2.75, 3.05) is 5.32 Å². The Balaban J connectivity index is 2.22. The van der Waals surface area contributed by atoms with Gasteiger partial charge in [0.1, 0.15) is 11.6 Å². The highest BCUT2D eigenvalue weighted by Crippen LogP contribution is 2.15. The Morgan fingerprint density at radius 3 is 2.62 bits per heavy atom. The third-order valence-corrected chi connectivity index (χ3v) is 3.41. The summed E-state index contributed by atoms with van der Waals surface area (Å²) in [6.07, 6.45) is 3.44. The quantitative estimate of drug-likeness (QED) is 0.693. The predicted octanol–water partition coefficient (Wildman–Crippen LogP) is 3.19. The van der Waals surface area contributed by atoms with Gasteiger partial charge in [-0.1, -0.05) is 6.07 Å². The minimum atomic E-state index is -0.401. The second kappa shape index (κ2) is 6.10. The van der Waals surface area contributed by atoms with Crippen LogP contribution in [-0.2, 0) is 11.8 Å². The van der Waals surface area contributed by atoms with E-state index in [2.05, 4.69) is 5.32 Å². The average Bonchev–Trinajstić information content (AvgIpc) is 2.85. The highest BCUT2D eigenvalue weighted by molar-refractivity contribution is 6.09. The summed E-state index contributed by atoms with van der Waals surface area (Å²) in [5.41, 5.74) is 3.83. The van der Waals surface area contributed by atoms with Crippen LogP contribution in [0, 0.1) is 25.2 Å². The first kappa shape index (κ1) is 14.6. The molecule has 0 unspecified atom stereocenters. The number of nitrogens with zero attached hydrogens (tertiary/aromatic N) is 2. The molecule has 0 fully saturated rings. The summed E-state index contributed by atoms with van der Waals surface area (Å²) in [6.45, 7) is 3.99. The maximum absolute atomic E-state index is 12.2. The fourth-order valence-electron chi connectivity index (χ4n) is 1.94. The molecule has 0 aliphatic carbocycles. The normalized spacial score (nSPS) is 11.0. The van der Waals surface area contributed by atoms with Crippen LogP contribution in [0.1, 0.15) is 16.8 Å². The van der Waals surface area contributed by atoms with Crippen LogP contribution in [0.5, 0.6) is 0 Å². The zero-order valence-electron chi connectivity index (χ0n) is 12.3. The Kier molecular flexibility index (Phi) is 4.24. The van der Waals surface area contributed by atoms with Gasteiger partial charge in [0, 0.05) is 24.6 Å². The van der Waals surface area contributed by atoms with Gasteiger partial charge in [-0.15, -0.1) is 0 Å². The largest absolute Gasteiger partial charge is 0.351 e. The number of aryl methyl sites for hydroxylation is 3. The van der Waals surface area contributed by atoms with Crippen molar-refractivity contribution in [3.63, 3.8) is 0 Å². The molecule has 0 spiro atoms. The molecule has 0 saturated heterocycles. The third kappa shape index (κ3) is 3.40. The zero-order chi connectivity index (χ0) is 15.4. The molecule has 4 nitrogen and oxygen atoms in total. The summed E-state index contributed by atoms with van der Waals surface area (Å²) in [5, 5.41) is 11.9. The van der Waals surface area contributed by atoms with Crippen LogP contribution in [0.2, 0.25) is 0 Å². The van der Waals surface area contributed by atoms with Crippen molar-refractivity contribution < 1.29 is 4.79 Å². The van der Waals surface area contributed by atoms with E-state index in [4.69, 9.17) is 0 Å². The van der Waals surface area contributed by atoms with Crippen molar-refractivity contribution >= 4 is 17.7 Å². The van der Waals surface area contributed by atoms with Crippen molar-refractivity contribution in [3.05, 3.63) is 58.9 Å². The number of rotatable bonds is 3. The minimum absolute atomic E-state index is 0.0787. The highest BCUT2D eigenvalue weighted by atomic mass is 16.1. The molecule has 0 bridgehead atoms. The summed E-state index contributed by atoms with van der Waals surface area (Å²) in [4.78, 5) is 12.2. The second-order valence-corrected chi connectivity index (χ2v) is 4.97. The number of benzene rings is 1. The van der Waals surface area contributed by atoms with E-state index in [1.54, 1.807) is 6.08 Å². The van der Waals surface area contributed by atoms with Crippen LogP contribution in [0.4, 0.5) is 5.69 Å². The smallest absolute Gasteiger partial charge is 0.266 e. The first-order chi connectivity index (χ1) is 10.0. The molecule has 106 valence electrons. The Morgan fingerprint density at radius 1 is 1.29 bits per heavy atom. The monoisotopic (exact) mass is 279 g/mol. The summed E-state index contributed by atoms with van der Waals surface area (Å²) in [6, 6.07) is 11.3. The molecular formula is C17H17N3O. The predicted molar refractivity (Wildman–Crippen MR) is 83.5 cm³/mol. The van der Waals surface area contributed by atoms with Gasteiger partial charge in [-0.25, -0.2) is 0 Å². The standard InChI is InChI=1S/C17H17N3O/c1-12-6-7-15(9-13(12)2)19-17(21)14(11-18)10-16-5-4-8-20(16)3/h4-10H,1-3H3,(H,19,21)/b14-10-. The van der Waals surface area contributed by atoms with Crippen molar-refractivity contribution in [3.8, 4) is 6.07 Å². The number of amides is 1. The molecular weight excluding hydrogens is 262 g/mol. The molecule has 4 heteroatoms. The number of aromatic nitrogens is 1. The Bertz CT molecular complexity index is 748. The lowest BCUT2D eigenvalue weighted by Gasteiger charge is -2.07. The number of carbonyl (C=O) groups excluding carboxylic acids is 1. The summed E-state index contributed by atoms with van der Waals surface area (Å²) in [7, 11) is 1.86. The zero-order valence-corrected chi connectivity index (χ0v) is 12.3. The molecule has 0 radical (unpaired) electrons. The van der Waals surface area contributed by atoms with Crippen LogP contribution in [0.15, 0.2) is 42.1 Å². The first-order valence-electron chi connectivity index (χ1n) is 6.63. The topological polar surface area (TPSA) is 57.8 Å². The molecule has 0 aliphatic rings. The third-order valence-electron chi connectivity index (χ3n) is 3.41. The van der Waals surface area contributed by atoms with Gasteiger partial charge in [0.25, 0.3) is 5.91 Å². The van der Waals surface area contributed by atoms with Gasteiger partial charge >= 0.3 is 0 Å². The van der Waals surface area contributed by atoms with E-state index in [0.29, 0.717) is 5.69 Å². The van der Waals surface area contributed by atoms with Gasteiger partial charge in [-0.2, -0.15) is 5.26 Å². The van der Waals surface area contributed by atoms with Crippen LogP contribution < -0.4 is 5.32 Å². The summed E-state index contributed by atoms with van der Waals surface area (Å²) >= 11 is 0. The number of nitriles is 1. The molecule has 1 aromatic heterocycles. The summed E-state index contributed by atoms with van der Waals surface area (Å²) in [5.74, 6) is -0.401. The minimum Gasteiger partial charge on any atom is -0.351 e. The number of anilines is 1. The molecule has 0 atom stereocenters. The molecule has 21 heavy (non-hydrogen) atoms. The summed E-state index contributed by atoms with van der Waals surface area (Å²) < 4.78 is 1.85. The molecule has 2 aromatic rings. The maximum atomic E-state index is 12.2. The van der Waals surface area contributed by atoms with Gasteiger partial charge < -0.3 is 9.88 Å². The van der Waals surface area contributed by atoms with E-state index in [1.165, 1.54) is 0 Å². The maximum Gasteiger partial charge on any atom is 0.266 e. The molecule has 1 amide bonds. The lowest BCUT2D eigenvalue weighted by Crippen LogP contribution is -2.13. The van der Waals surface area contributed by atoms with E-state index in [0.717, 1.165) is 16.8 Å². The van der Waals surface area contributed by atoms with Crippen LogP contribution in [0.3, 0.4) is 0 Å². The van der Waals surface area contributed by atoms with Crippen molar-refractivity contribution in [1.82, 2.24) is 4.57 Å². The molecule has 0 saturated carbocycles. The van der Waals surface area contributed by atoms with E-state index in [9.17, 15) is 10.1 Å². The second-order valence-electron chi connectivity index (χ2n) is 4.97. The molecule has 1 aromatic carbocycles. The Labute approximate surface area is 124 Å². The number of nitrogens with one attached hydrogen (secondary N) is 1. The number of carbonyl (C=O) groups is 1. The van der Waals surface area contributed by atoms with E-state index in [1.807, 2.05) is 68.1 Å². The fraction of sp³-hybridized carbons (Fsp3) is 0.176. The molecule has 0 aliphatic heterocycles. The van der Waals surface area contributed by atoms with Gasteiger partial charge in [-0.3, -0.25) is 4.79 Å². The molecule has 1 heterocycles. The van der Waals surface area contributed by atoms with Crippen molar-refractivity contribution in [2.45, 2.75) is 13.8 Å². The first-order valence-corrected chi connectivity index (χ1v) is 6.63. The lowest BCUT2D eigenvalue weighted by molar-refractivity contribution is -0.112. The SMILES string of the molecule is Cc1ccc(NC(=O)/C(C#N)=C\c2cccn2C)cc1C. The molecule has 1 N–H and O–H groups in total. The lowest BCUT2D eigenvalue weighted by atomic mass is 10.1. The van der Waals surface area contributed by atoms with Crippen LogP contribution in [0.25, 0.3) is 6.08 Å². The average molecular weight is 279 g/mol. The van der Waals surface area contributed by atoms with Gasteiger partial charge in [-0.05, 0) is 55.3 Å². The van der Waals surface area contributed by atoms with E-state index < -0.39 is 5.91 Å². The van der Waals surface area contributed by atoms with Crippen molar-refractivity contribution in [1.29, 1.82) is 5.26 Å².